The van der Waals surface area contributed by atoms with E-state index in [1.54, 1.807) is 29.2 Å². The van der Waals surface area contributed by atoms with Crippen LogP contribution in [0.25, 0.3) is 0 Å². The largest absolute Gasteiger partial charge is 0.494 e. The lowest BCUT2D eigenvalue weighted by Gasteiger charge is -2.23. The summed E-state index contributed by atoms with van der Waals surface area (Å²) in [4.78, 5) is 29.0. The molecule has 1 saturated heterocycles. The number of nitrogens with zero attached hydrogens (tertiary/aromatic N) is 2. The fraction of sp³-hybridized carbons (Fsp3) is 0.348. The van der Waals surface area contributed by atoms with E-state index in [9.17, 15) is 9.59 Å². The zero-order valence-corrected chi connectivity index (χ0v) is 18.2. The fourth-order valence-electron chi connectivity index (χ4n) is 3.52. The van der Waals surface area contributed by atoms with Crippen LogP contribution in [0.5, 0.6) is 5.75 Å². The van der Waals surface area contributed by atoms with Gasteiger partial charge in [-0.2, -0.15) is 0 Å². The number of likely N-dealkylation sites (N-methyl/N-ethyl adjacent to an activating group) is 1. The van der Waals surface area contributed by atoms with Gasteiger partial charge in [-0.1, -0.05) is 30.3 Å². The standard InChI is InChI=1S/C23H27N3O3S/c1-3-25-22(28)20(26(23(25)30)15-14-17-8-6-5-7-9-17)16-21(27)24-18-10-12-19(13-11-18)29-4-2/h5-13,20H,3-4,14-16H2,1-2H3,(H,24,27)/t20-/m0/s1. The smallest absolute Gasteiger partial charge is 0.252 e. The number of amides is 2. The second-order valence-corrected chi connectivity index (χ2v) is 7.38. The highest BCUT2D eigenvalue weighted by Gasteiger charge is 2.42. The molecule has 0 radical (unpaired) electrons. The lowest BCUT2D eigenvalue weighted by atomic mass is 10.1. The molecule has 0 saturated carbocycles. The van der Waals surface area contributed by atoms with Crippen molar-refractivity contribution in [2.45, 2.75) is 32.7 Å². The van der Waals surface area contributed by atoms with E-state index in [0.29, 0.717) is 30.5 Å². The summed E-state index contributed by atoms with van der Waals surface area (Å²) in [5.74, 6) is 0.415. The van der Waals surface area contributed by atoms with Crippen LogP contribution in [-0.4, -0.2) is 52.5 Å². The molecule has 0 aromatic heterocycles. The Morgan fingerprint density at radius 1 is 1.10 bits per heavy atom. The van der Waals surface area contributed by atoms with Crippen LogP contribution in [0, 0.1) is 0 Å². The minimum Gasteiger partial charge on any atom is -0.494 e. The van der Waals surface area contributed by atoms with Gasteiger partial charge in [0, 0.05) is 18.8 Å². The molecule has 30 heavy (non-hydrogen) atoms. The van der Waals surface area contributed by atoms with E-state index in [-0.39, 0.29) is 18.2 Å². The molecule has 2 aromatic rings. The molecule has 2 aromatic carbocycles. The van der Waals surface area contributed by atoms with Crippen LogP contribution in [0.4, 0.5) is 5.69 Å². The van der Waals surface area contributed by atoms with Gasteiger partial charge in [0.15, 0.2) is 5.11 Å². The molecule has 3 rings (SSSR count). The average molecular weight is 426 g/mol. The van der Waals surface area contributed by atoms with Gasteiger partial charge in [0.2, 0.25) is 5.91 Å². The molecule has 1 heterocycles. The van der Waals surface area contributed by atoms with Crippen LogP contribution >= 0.6 is 12.2 Å². The molecule has 1 aliphatic heterocycles. The number of nitrogens with one attached hydrogen (secondary N) is 1. The summed E-state index contributed by atoms with van der Waals surface area (Å²) in [6.45, 7) is 5.48. The van der Waals surface area contributed by atoms with Crippen molar-refractivity contribution in [3.05, 3.63) is 60.2 Å². The van der Waals surface area contributed by atoms with Crippen molar-refractivity contribution in [1.29, 1.82) is 0 Å². The molecule has 0 aliphatic carbocycles. The van der Waals surface area contributed by atoms with Crippen LogP contribution in [0.15, 0.2) is 54.6 Å². The lowest BCUT2D eigenvalue weighted by molar-refractivity contribution is -0.130. The molecule has 1 atom stereocenters. The summed E-state index contributed by atoms with van der Waals surface area (Å²) in [5, 5.41) is 3.36. The van der Waals surface area contributed by atoms with Gasteiger partial charge in [0.05, 0.1) is 13.0 Å². The first-order chi connectivity index (χ1) is 14.5. The summed E-state index contributed by atoms with van der Waals surface area (Å²) in [6, 6.07) is 16.7. The third-order valence-corrected chi connectivity index (χ3v) is 5.49. The Kier molecular flexibility index (Phi) is 7.41. The second kappa shape index (κ2) is 10.2. The van der Waals surface area contributed by atoms with E-state index < -0.39 is 6.04 Å². The van der Waals surface area contributed by atoms with E-state index in [1.165, 1.54) is 5.56 Å². The van der Waals surface area contributed by atoms with E-state index in [0.717, 1.165) is 12.2 Å². The predicted octanol–water partition coefficient (Wildman–Crippen LogP) is 3.47. The van der Waals surface area contributed by atoms with Gasteiger partial charge >= 0.3 is 0 Å². The molecule has 158 valence electrons. The van der Waals surface area contributed by atoms with Gasteiger partial charge in [-0.25, -0.2) is 0 Å². The molecule has 1 aliphatic rings. The van der Waals surface area contributed by atoms with Gasteiger partial charge in [-0.15, -0.1) is 0 Å². The van der Waals surface area contributed by atoms with Crippen molar-refractivity contribution < 1.29 is 14.3 Å². The molecule has 1 fully saturated rings. The van der Waals surface area contributed by atoms with Gasteiger partial charge in [-0.3, -0.25) is 14.5 Å². The summed E-state index contributed by atoms with van der Waals surface area (Å²) in [6.07, 6.45) is 0.806. The number of carbonyl (C=O) groups is 2. The Hall–Kier alpha value is -2.93. The molecule has 0 spiro atoms. The first-order valence-electron chi connectivity index (χ1n) is 10.2. The zero-order chi connectivity index (χ0) is 21.5. The van der Waals surface area contributed by atoms with Gasteiger partial charge in [-0.05, 0) is 62.3 Å². The van der Waals surface area contributed by atoms with E-state index in [4.69, 9.17) is 17.0 Å². The van der Waals surface area contributed by atoms with E-state index >= 15 is 0 Å². The normalized spacial score (nSPS) is 16.1. The minimum absolute atomic E-state index is 0.0531. The zero-order valence-electron chi connectivity index (χ0n) is 17.3. The highest BCUT2D eigenvalue weighted by atomic mass is 32.1. The van der Waals surface area contributed by atoms with Crippen molar-refractivity contribution in [1.82, 2.24) is 9.80 Å². The Morgan fingerprint density at radius 3 is 2.43 bits per heavy atom. The predicted molar refractivity (Wildman–Crippen MR) is 121 cm³/mol. The number of hydrogen-bond donors (Lipinski definition) is 1. The van der Waals surface area contributed by atoms with Crippen molar-refractivity contribution >= 4 is 34.8 Å². The van der Waals surface area contributed by atoms with Crippen LogP contribution < -0.4 is 10.1 Å². The third-order valence-electron chi connectivity index (χ3n) is 5.03. The molecule has 7 heteroatoms. The SMILES string of the molecule is CCOc1ccc(NC(=O)C[C@H]2C(=O)N(CC)C(=S)N2CCc2ccccc2)cc1. The van der Waals surface area contributed by atoms with Crippen LogP contribution in [0.2, 0.25) is 0 Å². The highest BCUT2D eigenvalue weighted by molar-refractivity contribution is 7.80. The maximum Gasteiger partial charge on any atom is 0.252 e. The maximum atomic E-state index is 12.9. The molecule has 0 bridgehead atoms. The van der Waals surface area contributed by atoms with Crippen molar-refractivity contribution in [2.75, 3.05) is 25.0 Å². The quantitative estimate of drug-likeness (QED) is 0.624. The third kappa shape index (κ3) is 5.16. The maximum absolute atomic E-state index is 12.9. The number of anilines is 1. The highest BCUT2D eigenvalue weighted by Crippen LogP contribution is 2.22. The Morgan fingerprint density at radius 2 is 1.80 bits per heavy atom. The molecule has 6 nitrogen and oxygen atoms in total. The van der Waals surface area contributed by atoms with E-state index in [1.807, 2.05) is 49.1 Å². The molecular formula is C23H27N3O3S. The molecule has 0 unspecified atom stereocenters. The summed E-state index contributed by atoms with van der Waals surface area (Å²) >= 11 is 5.54. The number of carbonyl (C=O) groups excluding carboxylic acids is 2. The fourth-order valence-corrected chi connectivity index (χ4v) is 3.96. The summed E-state index contributed by atoms with van der Waals surface area (Å²) in [5.41, 5.74) is 1.83. The van der Waals surface area contributed by atoms with Gasteiger partial charge in [0.25, 0.3) is 5.91 Å². The Balaban J connectivity index is 1.66. The van der Waals surface area contributed by atoms with Crippen LogP contribution in [0.3, 0.4) is 0 Å². The molecule has 2 amide bonds. The topological polar surface area (TPSA) is 61.9 Å². The average Bonchev–Trinajstić information content (AvgIpc) is 2.97. The van der Waals surface area contributed by atoms with E-state index in [2.05, 4.69) is 5.32 Å². The van der Waals surface area contributed by atoms with Crippen molar-refractivity contribution in [2.24, 2.45) is 0 Å². The number of rotatable bonds is 9. The lowest BCUT2D eigenvalue weighted by Crippen LogP contribution is -2.39. The van der Waals surface area contributed by atoms with Crippen LogP contribution in [0.1, 0.15) is 25.8 Å². The molecule has 1 N–H and O–H groups in total. The van der Waals surface area contributed by atoms with Gasteiger partial charge < -0.3 is 15.0 Å². The minimum atomic E-state index is -0.580. The monoisotopic (exact) mass is 425 g/mol. The number of ether oxygens (including phenoxy) is 1. The van der Waals surface area contributed by atoms with Crippen LogP contribution in [-0.2, 0) is 16.0 Å². The Labute approximate surface area is 182 Å². The van der Waals surface area contributed by atoms with Crippen molar-refractivity contribution in [3.8, 4) is 5.75 Å². The summed E-state index contributed by atoms with van der Waals surface area (Å²) < 4.78 is 5.42. The number of hydrogen-bond acceptors (Lipinski definition) is 4. The first-order valence-corrected chi connectivity index (χ1v) is 10.6. The number of benzene rings is 2. The van der Waals surface area contributed by atoms with Gasteiger partial charge in [0.1, 0.15) is 11.8 Å². The Bertz CT molecular complexity index is 886. The summed E-state index contributed by atoms with van der Waals surface area (Å²) in [7, 11) is 0. The number of thiocarbonyl (C=S) groups is 1. The molecular weight excluding hydrogens is 398 g/mol. The first kappa shape index (κ1) is 21.8. The second-order valence-electron chi connectivity index (χ2n) is 7.02. The van der Waals surface area contributed by atoms with Crippen molar-refractivity contribution in [3.63, 3.8) is 0 Å².